The van der Waals surface area contributed by atoms with Crippen molar-refractivity contribution in [2.24, 2.45) is 0 Å². The molecule has 4 aromatic rings. The molecular formula is C26H21FN4O5. The fourth-order valence-corrected chi connectivity index (χ4v) is 3.90. The van der Waals surface area contributed by atoms with Crippen molar-refractivity contribution in [2.75, 3.05) is 26.3 Å². The second-order valence-corrected chi connectivity index (χ2v) is 8.11. The summed E-state index contributed by atoms with van der Waals surface area (Å²) in [6.07, 6.45) is 1.57. The van der Waals surface area contributed by atoms with Crippen molar-refractivity contribution < 1.29 is 23.6 Å². The molecule has 0 unspecified atom stereocenters. The second-order valence-electron chi connectivity index (χ2n) is 8.11. The Kier molecular flexibility index (Phi) is 6.42. The van der Waals surface area contributed by atoms with Crippen molar-refractivity contribution in [3.05, 3.63) is 94.0 Å². The molecule has 1 saturated heterocycles. The van der Waals surface area contributed by atoms with Crippen molar-refractivity contribution in [3.8, 4) is 11.5 Å². The van der Waals surface area contributed by atoms with Gasteiger partial charge in [0, 0.05) is 19.2 Å². The van der Waals surface area contributed by atoms with Gasteiger partial charge in [-0.05, 0) is 54.1 Å². The summed E-state index contributed by atoms with van der Waals surface area (Å²) >= 11 is 0. The van der Waals surface area contributed by atoms with E-state index in [1.807, 2.05) is 24.3 Å². The van der Waals surface area contributed by atoms with Crippen LogP contribution in [0.5, 0.6) is 11.5 Å². The monoisotopic (exact) mass is 488 g/mol. The van der Waals surface area contributed by atoms with Crippen LogP contribution in [0.3, 0.4) is 0 Å². The average molecular weight is 488 g/mol. The first-order chi connectivity index (χ1) is 17.5. The van der Waals surface area contributed by atoms with Gasteiger partial charge in [-0.1, -0.05) is 18.2 Å². The zero-order chi connectivity index (χ0) is 25.1. The number of nitro groups is 1. The predicted octanol–water partition coefficient (Wildman–Crippen LogP) is 4.80. The van der Waals surface area contributed by atoms with Crippen molar-refractivity contribution in [3.63, 3.8) is 0 Å². The van der Waals surface area contributed by atoms with E-state index in [1.165, 1.54) is 36.4 Å². The molecule has 5 rings (SSSR count). The first-order valence-corrected chi connectivity index (χ1v) is 11.2. The number of amides is 1. The quantitative estimate of drug-likeness (QED) is 0.237. The highest BCUT2D eigenvalue weighted by Gasteiger charge is 2.25. The highest BCUT2D eigenvalue weighted by Crippen LogP contribution is 2.33. The van der Waals surface area contributed by atoms with E-state index >= 15 is 0 Å². The summed E-state index contributed by atoms with van der Waals surface area (Å²) in [5.41, 5.74) is 1.86. The van der Waals surface area contributed by atoms with E-state index in [1.54, 1.807) is 17.0 Å². The SMILES string of the molecule is O=C(C(=Cc1ccc(Oc2ccc(F)cc2)c([N+](=O)[O-])c1)c1nc2ccccc2[nH]1)N1CCOCC1. The maximum absolute atomic E-state index is 13.5. The average Bonchev–Trinajstić information content (AvgIpc) is 3.33. The van der Waals surface area contributed by atoms with E-state index in [0.717, 1.165) is 5.52 Å². The Morgan fingerprint density at radius 1 is 1.11 bits per heavy atom. The first kappa shape index (κ1) is 23.2. The molecule has 0 saturated carbocycles. The van der Waals surface area contributed by atoms with Gasteiger partial charge in [-0.25, -0.2) is 9.37 Å². The highest BCUT2D eigenvalue weighted by atomic mass is 19.1. The van der Waals surface area contributed by atoms with Crippen LogP contribution >= 0.6 is 0 Å². The number of nitrogens with one attached hydrogen (secondary N) is 1. The lowest BCUT2D eigenvalue weighted by atomic mass is 10.1. The van der Waals surface area contributed by atoms with Gasteiger partial charge in [-0.3, -0.25) is 14.9 Å². The van der Waals surface area contributed by atoms with Crippen LogP contribution in [0.25, 0.3) is 22.7 Å². The molecule has 1 aromatic heterocycles. The lowest BCUT2D eigenvalue weighted by molar-refractivity contribution is -0.385. The summed E-state index contributed by atoms with van der Waals surface area (Å²) in [7, 11) is 0. The van der Waals surface area contributed by atoms with Crippen molar-refractivity contribution in [1.82, 2.24) is 14.9 Å². The molecular weight excluding hydrogens is 467 g/mol. The Morgan fingerprint density at radius 2 is 1.86 bits per heavy atom. The Hall–Kier alpha value is -4.57. The number of aromatic amines is 1. The number of nitro benzene ring substituents is 1. The van der Waals surface area contributed by atoms with E-state index < -0.39 is 10.7 Å². The number of aromatic nitrogens is 2. The predicted molar refractivity (Wildman–Crippen MR) is 131 cm³/mol. The van der Waals surface area contributed by atoms with Gasteiger partial charge in [0.05, 0.1) is 34.7 Å². The van der Waals surface area contributed by atoms with E-state index in [-0.39, 0.29) is 28.7 Å². The normalized spacial score (nSPS) is 14.1. The molecule has 0 bridgehead atoms. The van der Waals surface area contributed by atoms with Crippen LogP contribution in [-0.2, 0) is 9.53 Å². The van der Waals surface area contributed by atoms with Crippen LogP contribution in [0.2, 0.25) is 0 Å². The Balaban J connectivity index is 1.55. The van der Waals surface area contributed by atoms with Gasteiger partial charge in [-0.15, -0.1) is 0 Å². The van der Waals surface area contributed by atoms with Gasteiger partial charge >= 0.3 is 5.69 Å². The number of imidazole rings is 1. The van der Waals surface area contributed by atoms with Gasteiger partial charge in [0.2, 0.25) is 5.75 Å². The molecule has 0 spiro atoms. The molecule has 1 amide bonds. The number of nitrogens with zero attached hydrogens (tertiary/aromatic N) is 3. The van der Waals surface area contributed by atoms with E-state index in [2.05, 4.69) is 9.97 Å². The third-order valence-corrected chi connectivity index (χ3v) is 5.71. The number of H-pyrrole nitrogens is 1. The molecule has 0 atom stereocenters. The number of fused-ring (bicyclic) bond motifs is 1. The second kappa shape index (κ2) is 9.96. The maximum Gasteiger partial charge on any atom is 0.312 e. The maximum atomic E-state index is 13.5. The summed E-state index contributed by atoms with van der Waals surface area (Å²) in [6, 6.07) is 17.0. The third-order valence-electron chi connectivity index (χ3n) is 5.71. The van der Waals surface area contributed by atoms with Gasteiger partial charge in [-0.2, -0.15) is 0 Å². The molecule has 10 heteroatoms. The first-order valence-electron chi connectivity index (χ1n) is 11.2. The zero-order valence-electron chi connectivity index (χ0n) is 19.0. The number of hydrogen-bond donors (Lipinski definition) is 1. The Morgan fingerprint density at radius 3 is 2.58 bits per heavy atom. The number of morpholine rings is 1. The van der Waals surface area contributed by atoms with Crippen molar-refractivity contribution >= 4 is 34.3 Å². The topological polar surface area (TPSA) is 111 Å². The summed E-state index contributed by atoms with van der Waals surface area (Å²) in [5.74, 6) is -0.0872. The van der Waals surface area contributed by atoms with Crippen LogP contribution in [0.1, 0.15) is 11.4 Å². The van der Waals surface area contributed by atoms with E-state index in [9.17, 15) is 19.3 Å². The lowest BCUT2D eigenvalue weighted by Gasteiger charge is -2.27. The third kappa shape index (κ3) is 4.93. The minimum Gasteiger partial charge on any atom is -0.450 e. The molecule has 0 aliphatic carbocycles. The van der Waals surface area contributed by atoms with Crippen LogP contribution < -0.4 is 4.74 Å². The number of benzene rings is 3. The lowest BCUT2D eigenvalue weighted by Crippen LogP contribution is -2.41. The molecule has 1 N–H and O–H groups in total. The van der Waals surface area contributed by atoms with Crippen LogP contribution in [0.15, 0.2) is 66.7 Å². The number of para-hydroxylation sites is 2. The van der Waals surface area contributed by atoms with Crippen molar-refractivity contribution in [2.45, 2.75) is 0 Å². The smallest absolute Gasteiger partial charge is 0.312 e. The summed E-state index contributed by atoms with van der Waals surface area (Å²) in [6.45, 7) is 1.72. The molecule has 182 valence electrons. The van der Waals surface area contributed by atoms with Gasteiger partial charge in [0.1, 0.15) is 17.4 Å². The Bertz CT molecular complexity index is 1430. The number of carbonyl (C=O) groups is 1. The number of carbonyl (C=O) groups excluding carboxylic acids is 1. The van der Waals surface area contributed by atoms with Gasteiger partial charge in [0.15, 0.2) is 0 Å². The minimum atomic E-state index is -0.569. The molecule has 1 aliphatic rings. The number of halogens is 1. The van der Waals surface area contributed by atoms with Gasteiger partial charge in [0.25, 0.3) is 5.91 Å². The molecule has 1 aliphatic heterocycles. The standard InChI is InChI=1S/C26H21FN4O5/c27-18-6-8-19(9-7-18)36-24-10-5-17(16-23(24)31(33)34)15-20(26(32)30-11-13-35-14-12-30)25-28-21-3-1-2-4-22(21)29-25/h1-10,15-16H,11-14H2,(H,28,29). The highest BCUT2D eigenvalue weighted by molar-refractivity contribution is 6.23. The van der Waals surface area contributed by atoms with Crippen molar-refractivity contribution in [1.29, 1.82) is 0 Å². The van der Waals surface area contributed by atoms with Crippen LogP contribution in [0, 0.1) is 15.9 Å². The van der Waals surface area contributed by atoms with Gasteiger partial charge < -0.3 is 19.4 Å². The molecule has 9 nitrogen and oxygen atoms in total. The molecule has 1 fully saturated rings. The number of hydrogen-bond acceptors (Lipinski definition) is 6. The minimum absolute atomic E-state index is 0.00597. The molecule has 3 aromatic carbocycles. The summed E-state index contributed by atoms with van der Waals surface area (Å²) in [4.78, 5) is 34.1. The summed E-state index contributed by atoms with van der Waals surface area (Å²) in [5, 5.41) is 11.8. The number of rotatable bonds is 6. The largest absolute Gasteiger partial charge is 0.450 e. The van der Waals surface area contributed by atoms with Crippen LogP contribution in [0.4, 0.5) is 10.1 Å². The molecule has 36 heavy (non-hydrogen) atoms. The molecule has 0 radical (unpaired) electrons. The molecule has 2 heterocycles. The van der Waals surface area contributed by atoms with Crippen LogP contribution in [-0.4, -0.2) is 52.0 Å². The van der Waals surface area contributed by atoms with E-state index in [4.69, 9.17) is 9.47 Å². The number of ether oxygens (including phenoxy) is 2. The zero-order valence-corrected chi connectivity index (χ0v) is 19.0. The summed E-state index contributed by atoms with van der Waals surface area (Å²) < 4.78 is 24.2. The fourth-order valence-electron chi connectivity index (χ4n) is 3.90. The Labute approximate surface area is 204 Å². The fraction of sp³-hybridized carbons (Fsp3) is 0.154. The van der Waals surface area contributed by atoms with E-state index in [0.29, 0.717) is 43.2 Å².